The maximum atomic E-state index is 12.7. The van der Waals surface area contributed by atoms with Crippen molar-refractivity contribution in [3.05, 3.63) is 64.6 Å². The Bertz CT molecular complexity index is 1020. The summed E-state index contributed by atoms with van der Waals surface area (Å²) in [7, 11) is 0. The molecule has 132 valence electrons. The molecule has 4 rings (SSSR count). The number of Topliss-reactive ketones (excluding diaryl/α,β-unsaturated/α-hetero) is 1. The van der Waals surface area contributed by atoms with Crippen LogP contribution in [-0.2, 0) is 11.2 Å². The van der Waals surface area contributed by atoms with E-state index in [2.05, 4.69) is 22.2 Å². The molecule has 1 atom stereocenters. The Morgan fingerprint density at radius 1 is 1.31 bits per heavy atom. The van der Waals surface area contributed by atoms with Gasteiger partial charge >= 0.3 is 5.97 Å². The van der Waals surface area contributed by atoms with Crippen molar-refractivity contribution >= 4 is 17.4 Å². The summed E-state index contributed by atoms with van der Waals surface area (Å²) in [6.07, 6.45) is 4.15. The highest BCUT2D eigenvalue weighted by atomic mass is 16.5. The molecule has 26 heavy (non-hydrogen) atoms. The Labute approximate surface area is 150 Å². The van der Waals surface area contributed by atoms with Gasteiger partial charge in [-0.25, -0.2) is 14.3 Å². The lowest BCUT2D eigenvalue weighted by Crippen LogP contribution is -2.22. The molecule has 6 nitrogen and oxygen atoms in total. The molecule has 1 unspecified atom stereocenters. The number of hydrogen-bond acceptors (Lipinski definition) is 5. The van der Waals surface area contributed by atoms with E-state index in [-0.39, 0.29) is 18.3 Å². The van der Waals surface area contributed by atoms with E-state index in [0.29, 0.717) is 29.6 Å². The molecule has 0 aliphatic heterocycles. The van der Waals surface area contributed by atoms with Crippen molar-refractivity contribution in [2.75, 3.05) is 6.61 Å². The number of ether oxygens (including phenoxy) is 1. The van der Waals surface area contributed by atoms with Crippen molar-refractivity contribution in [3.8, 4) is 0 Å². The van der Waals surface area contributed by atoms with Crippen LogP contribution in [0, 0.1) is 6.92 Å². The first-order valence-corrected chi connectivity index (χ1v) is 8.71. The lowest BCUT2D eigenvalue weighted by atomic mass is 9.82. The molecule has 3 aromatic rings. The van der Waals surface area contributed by atoms with Crippen LogP contribution in [0.4, 0.5) is 0 Å². The summed E-state index contributed by atoms with van der Waals surface area (Å²) < 4.78 is 6.68. The summed E-state index contributed by atoms with van der Waals surface area (Å²) in [5, 5.41) is 4.32. The van der Waals surface area contributed by atoms with Crippen LogP contribution in [0.25, 0.3) is 5.65 Å². The first-order valence-electron chi connectivity index (χ1n) is 8.71. The van der Waals surface area contributed by atoms with E-state index in [4.69, 9.17) is 4.74 Å². The molecule has 1 aromatic carbocycles. The summed E-state index contributed by atoms with van der Waals surface area (Å²) >= 11 is 0. The lowest BCUT2D eigenvalue weighted by Gasteiger charge is -2.24. The number of fused-ring (bicyclic) bond motifs is 3. The fraction of sp³-hybridized carbons (Fsp3) is 0.300. The van der Waals surface area contributed by atoms with Crippen LogP contribution in [0.1, 0.15) is 56.8 Å². The average molecular weight is 349 g/mol. The van der Waals surface area contributed by atoms with E-state index in [1.54, 1.807) is 17.6 Å². The van der Waals surface area contributed by atoms with Gasteiger partial charge in [-0.15, -0.1) is 0 Å². The zero-order chi connectivity index (χ0) is 18.3. The quantitative estimate of drug-likeness (QED) is 0.679. The number of benzene rings is 1. The van der Waals surface area contributed by atoms with E-state index in [1.807, 2.05) is 19.1 Å². The van der Waals surface area contributed by atoms with Gasteiger partial charge in [0.15, 0.2) is 11.4 Å². The topological polar surface area (TPSA) is 73.6 Å². The summed E-state index contributed by atoms with van der Waals surface area (Å²) in [6, 6.07) is 8.23. The van der Waals surface area contributed by atoms with Gasteiger partial charge in [0.25, 0.3) is 0 Å². The second kappa shape index (κ2) is 6.37. The molecule has 0 saturated heterocycles. The number of ketones is 1. The van der Waals surface area contributed by atoms with E-state index >= 15 is 0 Å². The molecule has 0 fully saturated rings. The van der Waals surface area contributed by atoms with E-state index in [9.17, 15) is 9.59 Å². The zero-order valence-electron chi connectivity index (χ0n) is 14.7. The van der Waals surface area contributed by atoms with Crippen LogP contribution in [0.5, 0.6) is 0 Å². The minimum absolute atomic E-state index is 0.0559. The molecule has 0 radical (unpaired) electrons. The fourth-order valence-electron chi connectivity index (χ4n) is 3.56. The van der Waals surface area contributed by atoms with Gasteiger partial charge in [0.05, 0.1) is 24.1 Å². The summed E-state index contributed by atoms with van der Waals surface area (Å²) in [4.78, 5) is 29.1. The second-order valence-electron chi connectivity index (χ2n) is 6.58. The molecular weight excluding hydrogens is 330 g/mol. The van der Waals surface area contributed by atoms with Crippen molar-refractivity contribution in [1.82, 2.24) is 14.6 Å². The van der Waals surface area contributed by atoms with Crippen LogP contribution >= 0.6 is 0 Å². The highest BCUT2D eigenvalue weighted by Gasteiger charge is 2.30. The normalized spacial score (nSPS) is 16.5. The highest BCUT2D eigenvalue weighted by Crippen LogP contribution is 2.33. The van der Waals surface area contributed by atoms with Crippen LogP contribution in [-0.4, -0.2) is 33.0 Å². The molecule has 2 aromatic heterocycles. The van der Waals surface area contributed by atoms with E-state index < -0.39 is 5.97 Å². The zero-order valence-corrected chi connectivity index (χ0v) is 14.7. The minimum Gasteiger partial charge on any atom is -0.462 e. The van der Waals surface area contributed by atoms with Gasteiger partial charge < -0.3 is 4.74 Å². The number of carbonyl (C=O) groups is 2. The molecule has 0 amide bonds. The SMILES string of the molecule is CCOC(=O)c1cnn2c3c(cnc12)C(=O)CC(c1cccc(C)c1)C3. The Hall–Kier alpha value is -3.02. The van der Waals surface area contributed by atoms with Crippen LogP contribution in [0.3, 0.4) is 0 Å². The summed E-state index contributed by atoms with van der Waals surface area (Å²) in [6.45, 7) is 4.09. The van der Waals surface area contributed by atoms with Gasteiger partial charge in [-0.1, -0.05) is 29.8 Å². The van der Waals surface area contributed by atoms with Gasteiger partial charge in [0.2, 0.25) is 0 Å². The molecular formula is C20H19N3O3. The third kappa shape index (κ3) is 2.67. The van der Waals surface area contributed by atoms with Gasteiger partial charge in [0, 0.05) is 12.6 Å². The van der Waals surface area contributed by atoms with Gasteiger partial charge in [-0.05, 0) is 31.7 Å². The van der Waals surface area contributed by atoms with E-state index in [0.717, 1.165) is 11.3 Å². The number of aryl methyl sites for hydroxylation is 1. The number of carbonyl (C=O) groups excluding carboxylic acids is 2. The van der Waals surface area contributed by atoms with Gasteiger partial charge in [-0.2, -0.15) is 5.10 Å². The average Bonchev–Trinajstić information content (AvgIpc) is 3.06. The number of rotatable bonds is 3. The maximum Gasteiger partial charge on any atom is 0.343 e. The first kappa shape index (κ1) is 16.4. The van der Waals surface area contributed by atoms with Crippen molar-refractivity contribution < 1.29 is 14.3 Å². The molecule has 2 heterocycles. The lowest BCUT2D eigenvalue weighted by molar-refractivity contribution is 0.0528. The fourth-order valence-corrected chi connectivity index (χ4v) is 3.56. The Morgan fingerprint density at radius 3 is 2.92 bits per heavy atom. The summed E-state index contributed by atoms with van der Waals surface area (Å²) in [5.41, 5.74) is 4.45. The Balaban J connectivity index is 1.79. The van der Waals surface area contributed by atoms with E-state index in [1.165, 1.54) is 11.8 Å². The first-order chi connectivity index (χ1) is 12.6. The van der Waals surface area contributed by atoms with Crippen molar-refractivity contribution in [2.24, 2.45) is 0 Å². The number of aromatic nitrogens is 3. The van der Waals surface area contributed by atoms with Crippen LogP contribution < -0.4 is 0 Å². The van der Waals surface area contributed by atoms with Crippen LogP contribution in [0.15, 0.2) is 36.7 Å². The molecule has 0 spiro atoms. The monoisotopic (exact) mass is 349 g/mol. The highest BCUT2D eigenvalue weighted by molar-refractivity contribution is 6.00. The van der Waals surface area contributed by atoms with Crippen molar-refractivity contribution in [3.63, 3.8) is 0 Å². The Morgan fingerprint density at radius 2 is 2.15 bits per heavy atom. The minimum atomic E-state index is -0.452. The van der Waals surface area contributed by atoms with Crippen molar-refractivity contribution in [1.29, 1.82) is 0 Å². The largest absolute Gasteiger partial charge is 0.462 e. The second-order valence-corrected chi connectivity index (χ2v) is 6.58. The smallest absolute Gasteiger partial charge is 0.343 e. The summed E-state index contributed by atoms with van der Waals surface area (Å²) in [5.74, 6) is -0.302. The van der Waals surface area contributed by atoms with Crippen LogP contribution in [0.2, 0.25) is 0 Å². The number of esters is 1. The third-order valence-corrected chi connectivity index (χ3v) is 4.81. The maximum absolute atomic E-state index is 12.7. The number of hydrogen-bond donors (Lipinski definition) is 0. The molecule has 0 bridgehead atoms. The third-order valence-electron chi connectivity index (χ3n) is 4.81. The van der Waals surface area contributed by atoms with Crippen molar-refractivity contribution in [2.45, 2.75) is 32.6 Å². The molecule has 1 aliphatic carbocycles. The van der Waals surface area contributed by atoms with Gasteiger partial charge in [-0.3, -0.25) is 4.79 Å². The van der Waals surface area contributed by atoms with Gasteiger partial charge in [0.1, 0.15) is 5.56 Å². The Kier molecular flexibility index (Phi) is 4.03. The molecule has 0 N–H and O–H groups in total. The molecule has 0 saturated carbocycles. The molecule has 1 aliphatic rings. The predicted octanol–water partition coefficient (Wildman–Crippen LogP) is 3.13. The molecule has 6 heteroatoms. The predicted molar refractivity (Wildman–Crippen MR) is 95.5 cm³/mol. The number of nitrogens with zero attached hydrogens (tertiary/aromatic N) is 3. The standard InChI is InChI=1S/C20H19N3O3/c1-3-26-20(25)16-11-22-23-17-8-14(13-6-4-5-12(2)7-13)9-18(24)15(17)10-21-19(16)23/h4-7,10-11,14H,3,8-9H2,1-2H3.